The summed E-state index contributed by atoms with van der Waals surface area (Å²) in [6, 6.07) is 0. The lowest BCUT2D eigenvalue weighted by Gasteiger charge is -2.22. The first kappa shape index (κ1) is 9.40. The molecule has 0 unspecified atom stereocenters. The fraction of sp³-hybridized carbons (Fsp3) is 0.600. The van der Waals surface area contributed by atoms with Gasteiger partial charge in [-0.2, -0.15) is 0 Å². The molecule has 14 heavy (non-hydrogen) atoms. The van der Waals surface area contributed by atoms with Gasteiger partial charge in [-0.1, -0.05) is 0 Å². The van der Waals surface area contributed by atoms with Crippen molar-refractivity contribution >= 4 is 0 Å². The molecule has 0 saturated heterocycles. The number of rotatable bonds is 0. The van der Waals surface area contributed by atoms with Crippen LogP contribution in [0.4, 0.5) is 0 Å². The quantitative estimate of drug-likeness (QED) is 0.656. The molecule has 76 valence electrons. The van der Waals surface area contributed by atoms with E-state index < -0.39 is 0 Å². The van der Waals surface area contributed by atoms with Gasteiger partial charge in [-0.25, -0.2) is 4.98 Å². The molecule has 0 bridgehead atoms. The van der Waals surface area contributed by atoms with E-state index in [0.717, 1.165) is 17.8 Å². The van der Waals surface area contributed by atoms with E-state index in [1.165, 1.54) is 0 Å². The molecule has 0 atom stereocenters. The predicted octanol–water partition coefficient (Wildman–Crippen LogP) is 0.601. The van der Waals surface area contributed by atoms with Crippen LogP contribution in [0.1, 0.15) is 32.0 Å². The zero-order chi connectivity index (χ0) is 10.3. The zero-order valence-corrected chi connectivity index (χ0v) is 8.79. The van der Waals surface area contributed by atoms with E-state index in [1.54, 1.807) is 10.9 Å². The monoisotopic (exact) mass is 193 g/mol. The van der Waals surface area contributed by atoms with Gasteiger partial charge >= 0.3 is 0 Å². The van der Waals surface area contributed by atoms with Crippen molar-refractivity contribution in [1.82, 2.24) is 14.9 Å². The highest BCUT2D eigenvalue weighted by Crippen LogP contribution is 2.13. The molecule has 0 spiro atoms. The Morgan fingerprint density at radius 3 is 2.79 bits per heavy atom. The van der Waals surface area contributed by atoms with Crippen molar-refractivity contribution in [3.8, 4) is 0 Å². The molecule has 0 fully saturated rings. The van der Waals surface area contributed by atoms with Gasteiger partial charge in [-0.05, 0) is 20.8 Å². The summed E-state index contributed by atoms with van der Waals surface area (Å²) in [6.45, 7) is 7.38. The highest BCUT2D eigenvalue weighted by molar-refractivity contribution is 5.21. The van der Waals surface area contributed by atoms with Crippen molar-refractivity contribution in [3.05, 3.63) is 27.9 Å². The molecule has 2 rings (SSSR count). The standard InChI is InChI=1S/C10H15N3O/c1-10(2,3)13-6-12-8-5-11-4-7(8)9(13)14/h6,11H,4-5H2,1-3H3. The Morgan fingerprint density at radius 2 is 2.14 bits per heavy atom. The van der Waals surface area contributed by atoms with Crippen LogP contribution in [-0.4, -0.2) is 9.55 Å². The Labute approximate surface area is 83.0 Å². The minimum absolute atomic E-state index is 0.0903. The summed E-state index contributed by atoms with van der Waals surface area (Å²) in [6.07, 6.45) is 1.65. The van der Waals surface area contributed by atoms with Gasteiger partial charge in [0.1, 0.15) is 0 Å². The van der Waals surface area contributed by atoms with Gasteiger partial charge in [-0.3, -0.25) is 9.36 Å². The Balaban J connectivity index is 2.62. The van der Waals surface area contributed by atoms with E-state index in [1.807, 2.05) is 20.8 Å². The Morgan fingerprint density at radius 1 is 1.43 bits per heavy atom. The largest absolute Gasteiger partial charge is 0.307 e. The van der Waals surface area contributed by atoms with Gasteiger partial charge < -0.3 is 5.32 Å². The molecular formula is C10H15N3O. The summed E-state index contributed by atoms with van der Waals surface area (Å²) in [5, 5.41) is 3.13. The third-order valence-corrected chi connectivity index (χ3v) is 2.47. The molecule has 0 amide bonds. The van der Waals surface area contributed by atoms with Gasteiger partial charge in [-0.15, -0.1) is 0 Å². The van der Waals surface area contributed by atoms with Crippen LogP contribution in [0.2, 0.25) is 0 Å². The summed E-state index contributed by atoms with van der Waals surface area (Å²) >= 11 is 0. The van der Waals surface area contributed by atoms with Crippen molar-refractivity contribution in [2.75, 3.05) is 0 Å². The fourth-order valence-electron chi connectivity index (χ4n) is 1.64. The van der Waals surface area contributed by atoms with Crippen LogP contribution >= 0.6 is 0 Å². The maximum atomic E-state index is 12.0. The molecule has 4 heteroatoms. The third kappa shape index (κ3) is 1.35. The second-order valence-electron chi connectivity index (χ2n) is 4.62. The first-order chi connectivity index (χ1) is 6.50. The van der Waals surface area contributed by atoms with Gasteiger partial charge in [0.05, 0.1) is 17.6 Å². The average Bonchev–Trinajstić information content (AvgIpc) is 2.50. The second-order valence-corrected chi connectivity index (χ2v) is 4.62. The van der Waals surface area contributed by atoms with E-state index >= 15 is 0 Å². The fourth-order valence-corrected chi connectivity index (χ4v) is 1.64. The molecule has 1 aliphatic rings. The Hall–Kier alpha value is -1.16. The molecule has 0 saturated carbocycles. The summed E-state index contributed by atoms with van der Waals surface area (Å²) in [5.41, 5.74) is 1.62. The van der Waals surface area contributed by atoms with E-state index in [4.69, 9.17) is 0 Å². The molecule has 1 aromatic rings. The van der Waals surface area contributed by atoms with E-state index in [2.05, 4.69) is 10.3 Å². The van der Waals surface area contributed by atoms with Crippen molar-refractivity contribution < 1.29 is 0 Å². The topological polar surface area (TPSA) is 46.9 Å². The lowest BCUT2D eigenvalue weighted by molar-refractivity contribution is 0.377. The summed E-state index contributed by atoms with van der Waals surface area (Å²) in [5.74, 6) is 0. The first-order valence-electron chi connectivity index (χ1n) is 4.81. The molecular weight excluding hydrogens is 178 g/mol. The van der Waals surface area contributed by atoms with Crippen molar-refractivity contribution in [2.45, 2.75) is 39.4 Å². The molecule has 0 aliphatic carbocycles. The number of nitrogens with zero attached hydrogens (tertiary/aromatic N) is 2. The van der Waals surface area contributed by atoms with Crippen LogP contribution in [0, 0.1) is 0 Å². The molecule has 1 aliphatic heterocycles. The third-order valence-electron chi connectivity index (χ3n) is 2.47. The van der Waals surface area contributed by atoms with E-state index in [-0.39, 0.29) is 11.1 Å². The zero-order valence-electron chi connectivity index (χ0n) is 8.79. The average molecular weight is 193 g/mol. The van der Waals surface area contributed by atoms with E-state index in [0.29, 0.717) is 6.54 Å². The van der Waals surface area contributed by atoms with Crippen LogP contribution in [0.15, 0.2) is 11.1 Å². The minimum atomic E-state index is -0.193. The number of fused-ring (bicyclic) bond motifs is 1. The number of hydrogen-bond acceptors (Lipinski definition) is 3. The highest BCUT2D eigenvalue weighted by Gasteiger charge is 2.21. The molecule has 4 nitrogen and oxygen atoms in total. The van der Waals surface area contributed by atoms with E-state index in [9.17, 15) is 4.79 Å². The smallest absolute Gasteiger partial charge is 0.258 e. The molecule has 0 radical (unpaired) electrons. The lowest BCUT2D eigenvalue weighted by Crippen LogP contribution is -2.35. The Kier molecular flexibility index (Phi) is 1.96. The lowest BCUT2D eigenvalue weighted by atomic mass is 10.1. The molecule has 1 aromatic heterocycles. The van der Waals surface area contributed by atoms with Crippen LogP contribution in [0.5, 0.6) is 0 Å². The minimum Gasteiger partial charge on any atom is -0.307 e. The van der Waals surface area contributed by atoms with Crippen LogP contribution in [0.3, 0.4) is 0 Å². The molecule has 0 aromatic carbocycles. The van der Waals surface area contributed by atoms with Gasteiger partial charge in [0.15, 0.2) is 0 Å². The van der Waals surface area contributed by atoms with Crippen molar-refractivity contribution in [3.63, 3.8) is 0 Å². The first-order valence-corrected chi connectivity index (χ1v) is 4.81. The summed E-state index contributed by atoms with van der Waals surface area (Å²) < 4.78 is 1.69. The maximum Gasteiger partial charge on any atom is 0.258 e. The van der Waals surface area contributed by atoms with Crippen LogP contribution < -0.4 is 10.9 Å². The highest BCUT2D eigenvalue weighted by atomic mass is 16.1. The van der Waals surface area contributed by atoms with Gasteiger partial charge in [0.25, 0.3) is 5.56 Å². The number of hydrogen-bond donors (Lipinski definition) is 1. The van der Waals surface area contributed by atoms with Crippen molar-refractivity contribution in [2.24, 2.45) is 0 Å². The number of aromatic nitrogens is 2. The van der Waals surface area contributed by atoms with Gasteiger partial charge in [0, 0.05) is 18.6 Å². The molecule has 2 heterocycles. The summed E-state index contributed by atoms with van der Waals surface area (Å²) in [4.78, 5) is 16.3. The number of nitrogens with one attached hydrogen (secondary N) is 1. The van der Waals surface area contributed by atoms with Crippen molar-refractivity contribution in [1.29, 1.82) is 0 Å². The maximum absolute atomic E-state index is 12.0. The summed E-state index contributed by atoms with van der Waals surface area (Å²) in [7, 11) is 0. The second kappa shape index (κ2) is 2.92. The molecule has 1 N–H and O–H groups in total. The Bertz CT molecular complexity index is 414. The normalized spacial score (nSPS) is 15.6. The van der Waals surface area contributed by atoms with Crippen LogP contribution in [0.25, 0.3) is 0 Å². The predicted molar refractivity (Wildman–Crippen MR) is 54.0 cm³/mol. The van der Waals surface area contributed by atoms with Crippen LogP contribution in [-0.2, 0) is 18.6 Å². The van der Waals surface area contributed by atoms with Gasteiger partial charge in [0.2, 0.25) is 0 Å². The SMILES string of the molecule is CC(C)(C)n1cnc2c(c1=O)CNC2.